The highest BCUT2D eigenvalue weighted by Crippen LogP contribution is 2.20. The third-order valence-electron chi connectivity index (χ3n) is 4.10. The van der Waals surface area contributed by atoms with Gasteiger partial charge in [0, 0.05) is 31.3 Å². The average molecular weight is 469 g/mol. The Labute approximate surface area is 175 Å². The summed E-state index contributed by atoms with van der Waals surface area (Å²) in [6.07, 6.45) is 0.666. The molecule has 0 unspecified atom stereocenters. The number of benzene rings is 2. The van der Waals surface area contributed by atoms with E-state index in [0.717, 1.165) is 15.6 Å². The Bertz CT molecular complexity index is 868. The van der Waals surface area contributed by atoms with Gasteiger partial charge in [-0.15, -0.1) is 0 Å². The minimum atomic E-state index is -3.82. The van der Waals surface area contributed by atoms with Crippen LogP contribution < -0.4 is 5.32 Å². The van der Waals surface area contributed by atoms with E-state index in [0.29, 0.717) is 19.6 Å². The average Bonchev–Trinajstić information content (AvgIpc) is 2.67. The van der Waals surface area contributed by atoms with Crippen LogP contribution in [0.2, 0.25) is 0 Å². The summed E-state index contributed by atoms with van der Waals surface area (Å²) in [5.74, 6) is -0.344. The Hall–Kier alpha value is -1.74. The van der Waals surface area contributed by atoms with Gasteiger partial charge in [-0.1, -0.05) is 45.8 Å². The molecule has 1 amide bonds. The van der Waals surface area contributed by atoms with Gasteiger partial charge in [0.15, 0.2) is 0 Å². The Balaban J connectivity index is 2.20. The minimum Gasteiger partial charge on any atom is -0.385 e. The molecule has 0 saturated heterocycles. The molecule has 0 saturated carbocycles. The van der Waals surface area contributed by atoms with Gasteiger partial charge in [0.1, 0.15) is 0 Å². The van der Waals surface area contributed by atoms with E-state index in [2.05, 4.69) is 21.2 Å². The van der Waals surface area contributed by atoms with E-state index in [4.69, 9.17) is 4.74 Å². The van der Waals surface area contributed by atoms with E-state index in [1.165, 1.54) is 4.31 Å². The zero-order valence-corrected chi connectivity index (χ0v) is 18.4. The van der Waals surface area contributed by atoms with Crippen molar-refractivity contribution in [2.24, 2.45) is 0 Å². The predicted octanol–water partition coefficient (Wildman–Crippen LogP) is 3.10. The quantitative estimate of drug-likeness (QED) is 0.543. The van der Waals surface area contributed by atoms with Crippen LogP contribution in [-0.2, 0) is 26.1 Å². The monoisotopic (exact) mass is 468 g/mol. The molecule has 0 aliphatic rings. The van der Waals surface area contributed by atoms with Gasteiger partial charge in [-0.2, -0.15) is 4.31 Å². The Kier molecular flexibility index (Phi) is 8.62. The summed E-state index contributed by atoms with van der Waals surface area (Å²) < 4.78 is 33.3. The summed E-state index contributed by atoms with van der Waals surface area (Å²) in [4.78, 5) is 12.5. The van der Waals surface area contributed by atoms with Crippen molar-refractivity contribution in [1.82, 2.24) is 9.62 Å². The van der Waals surface area contributed by atoms with Crippen LogP contribution in [0.15, 0.2) is 57.9 Å². The number of nitrogens with one attached hydrogen (secondary N) is 1. The predicted molar refractivity (Wildman–Crippen MR) is 112 cm³/mol. The van der Waals surface area contributed by atoms with E-state index in [1.807, 2.05) is 31.2 Å². The molecule has 6 nitrogen and oxygen atoms in total. The lowest BCUT2D eigenvalue weighted by atomic mass is 10.2. The fraction of sp³-hybridized carbons (Fsp3) is 0.350. The second-order valence-electron chi connectivity index (χ2n) is 6.41. The molecule has 0 aliphatic heterocycles. The van der Waals surface area contributed by atoms with E-state index >= 15 is 0 Å². The van der Waals surface area contributed by atoms with Crippen LogP contribution in [0.4, 0.5) is 0 Å². The largest absolute Gasteiger partial charge is 0.385 e. The molecule has 0 aliphatic carbocycles. The second-order valence-corrected chi connectivity index (χ2v) is 9.26. The molecule has 8 heteroatoms. The first-order valence-corrected chi connectivity index (χ1v) is 11.1. The van der Waals surface area contributed by atoms with Crippen LogP contribution in [-0.4, -0.2) is 45.4 Å². The van der Waals surface area contributed by atoms with Crippen LogP contribution in [0, 0.1) is 6.92 Å². The standard InChI is InChI=1S/C20H25BrN2O4S/c1-16-4-10-19(11-5-16)28(25,26)23(14-17-6-8-18(21)9-7-17)15-20(24)22-12-3-13-27-2/h4-11H,3,12-15H2,1-2H3,(H,22,24). The van der Waals surface area contributed by atoms with E-state index in [1.54, 1.807) is 31.4 Å². The van der Waals surface area contributed by atoms with Crippen molar-refractivity contribution in [2.45, 2.75) is 24.8 Å². The number of rotatable bonds is 10. The highest BCUT2D eigenvalue weighted by molar-refractivity contribution is 9.10. The first-order chi connectivity index (χ1) is 13.3. The maximum Gasteiger partial charge on any atom is 0.243 e. The van der Waals surface area contributed by atoms with Gasteiger partial charge in [0.2, 0.25) is 15.9 Å². The zero-order valence-electron chi connectivity index (χ0n) is 16.0. The zero-order chi connectivity index (χ0) is 20.6. The smallest absolute Gasteiger partial charge is 0.243 e. The number of nitrogens with zero attached hydrogens (tertiary/aromatic N) is 1. The fourth-order valence-corrected chi connectivity index (χ4v) is 4.19. The highest BCUT2D eigenvalue weighted by Gasteiger charge is 2.26. The van der Waals surface area contributed by atoms with E-state index < -0.39 is 10.0 Å². The summed E-state index contributed by atoms with van der Waals surface area (Å²) in [6, 6.07) is 14.0. The maximum absolute atomic E-state index is 13.1. The first-order valence-electron chi connectivity index (χ1n) is 8.90. The topological polar surface area (TPSA) is 75.7 Å². The maximum atomic E-state index is 13.1. The van der Waals surface area contributed by atoms with Gasteiger partial charge in [-0.05, 0) is 43.2 Å². The van der Waals surface area contributed by atoms with Crippen molar-refractivity contribution in [3.8, 4) is 0 Å². The number of carbonyl (C=O) groups is 1. The van der Waals surface area contributed by atoms with Crippen LogP contribution in [0.5, 0.6) is 0 Å². The molecule has 0 spiro atoms. The number of hydrogen-bond donors (Lipinski definition) is 1. The normalized spacial score (nSPS) is 11.6. The number of amides is 1. The summed E-state index contributed by atoms with van der Waals surface area (Å²) in [6.45, 7) is 2.71. The summed E-state index contributed by atoms with van der Waals surface area (Å²) in [5, 5.41) is 2.74. The number of halogens is 1. The van der Waals surface area contributed by atoms with Crippen molar-refractivity contribution in [3.05, 3.63) is 64.1 Å². The lowest BCUT2D eigenvalue weighted by molar-refractivity contribution is -0.121. The van der Waals surface area contributed by atoms with E-state index in [9.17, 15) is 13.2 Å². The van der Waals surface area contributed by atoms with Crippen molar-refractivity contribution in [3.63, 3.8) is 0 Å². The fourth-order valence-electron chi connectivity index (χ4n) is 2.54. The number of methoxy groups -OCH3 is 1. The Morgan fingerprint density at radius 1 is 1.11 bits per heavy atom. The molecule has 2 aromatic rings. The van der Waals surface area contributed by atoms with Crippen LogP contribution >= 0.6 is 15.9 Å². The van der Waals surface area contributed by atoms with Crippen molar-refractivity contribution in [1.29, 1.82) is 0 Å². The van der Waals surface area contributed by atoms with Gasteiger partial charge in [0.25, 0.3) is 0 Å². The Morgan fingerprint density at radius 3 is 2.36 bits per heavy atom. The first kappa shape index (κ1) is 22.5. The second kappa shape index (κ2) is 10.7. The number of aryl methyl sites for hydroxylation is 1. The number of carbonyl (C=O) groups excluding carboxylic acids is 1. The summed E-state index contributed by atoms with van der Waals surface area (Å²) in [7, 11) is -2.23. The van der Waals surface area contributed by atoms with Gasteiger partial charge in [-0.25, -0.2) is 8.42 Å². The lowest BCUT2D eigenvalue weighted by Gasteiger charge is -2.22. The summed E-state index contributed by atoms with van der Waals surface area (Å²) in [5.41, 5.74) is 1.76. The van der Waals surface area contributed by atoms with Crippen molar-refractivity contribution in [2.75, 3.05) is 26.8 Å². The third kappa shape index (κ3) is 6.70. The highest BCUT2D eigenvalue weighted by atomic mass is 79.9. The molecule has 0 radical (unpaired) electrons. The van der Waals surface area contributed by atoms with Gasteiger partial charge in [-0.3, -0.25) is 4.79 Å². The van der Waals surface area contributed by atoms with Crippen molar-refractivity contribution < 1.29 is 17.9 Å². The number of ether oxygens (including phenoxy) is 1. The molecular weight excluding hydrogens is 444 g/mol. The van der Waals surface area contributed by atoms with Gasteiger partial charge in [0.05, 0.1) is 11.4 Å². The molecule has 28 heavy (non-hydrogen) atoms. The third-order valence-corrected chi connectivity index (χ3v) is 6.43. The number of hydrogen-bond acceptors (Lipinski definition) is 4. The molecule has 2 rings (SSSR count). The van der Waals surface area contributed by atoms with Crippen LogP contribution in [0.3, 0.4) is 0 Å². The molecular formula is C20H25BrN2O4S. The lowest BCUT2D eigenvalue weighted by Crippen LogP contribution is -2.40. The molecule has 0 aromatic heterocycles. The molecule has 0 atom stereocenters. The van der Waals surface area contributed by atoms with Gasteiger partial charge >= 0.3 is 0 Å². The minimum absolute atomic E-state index is 0.106. The molecule has 1 N–H and O–H groups in total. The molecule has 0 heterocycles. The number of sulfonamides is 1. The van der Waals surface area contributed by atoms with Crippen LogP contribution in [0.25, 0.3) is 0 Å². The van der Waals surface area contributed by atoms with Crippen molar-refractivity contribution >= 4 is 31.9 Å². The Morgan fingerprint density at radius 2 is 1.75 bits per heavy atom. The van der Waals surface area contributed by atoms with Crippen LogP contribution in [0.1, 0.15) is 17.5 Å². The van der Waals surface area contributed by atoms with E-state index in [-0.39, 0.29) is 23.9 Å². The molecule has 152 valence electrons. The molecule has 0 bridgehead atoms. The SMILES string of the molecule is COCCCNC(=O)CN(Cc1ccc(Br)cc1)S(=O)(=O)c1ccc(C)cc1. The van der Waals surface area contributed by atoms with Gasteiger partial charge < -0.3 is 10.1 Å². The molecule has 0 fully saturated rings. The molecule has 2 aromatic carbocycles. The summed E-state index contributed by atoms with van der Waals surface area (Å²) >= 11 is 3.37.